The molecule has 1 saturated heterocycles. The minimum absolute atomic E-state index is 0.0913. The molecule has 0 spiro atoms. The highest BCUT2D eigenvalue weighted by atomic mass is 16.5. The number of hydrogen-bond acceptors (Lipinski definition) is 3. The van der Waals surface area contributed by atoms with Crippen LogP contribution >= 0.6 is 0 Å². The molecule has 1 heterocycles. The minimum atomic E-state index is 0.0913. The molecule has 2 N–H and O–H groups in total. The smallest absolute Gasteiger partial charge is 0.119 e. The van der Waals surface area contributed by atoms with E-state index in [1.54, 1.807) is 0 Å². The minimum Gasteiger partial charge on any atom is -0.494 e. The van der Waals surface area contributed by atoms with E-state index in [2.05, 4.69) is 5.32 Å². The van der Waals surface area contributed by atoms with E-state index in [-0.39, 0.29) is 6.61 Å². The Balaban J connectivity index is 1.72. The summed E-state index contributed by atoms with van der Waals surface area (Å²) in [5.74, 6) is 1.68. The molecule has 15 heavy (non-hydrogen) atoms. The lowest BCUT2D eigenvalue weighted by atomic mass is 10.0. The van der Waals surface area contributed by atoms with Crippen molar-refractivity contribution in [1.29, 1.82) is 0 Å². The molecular weight excluding hydrogens is 190 g/mol. The van der Waals surface area contributed by atoms with Crippen LogP contribution in [-0.2, 0) is 6.61 Å². The average Bonchev–Trinajstić information content (AvgIpc) is 2.23. The Labute approximate surface area is 90.1 Å². The fourth-order valence-electron chi connectivity index (χ4n) is 1.59. The van der Waals surface area contributed by atoms with Gasteiger partial charge in [-0.2, -0.15) is 0 Å². The predicted octanol–water partition coefficient (Wildman–Crippen LogP) is 1.17. The Kier molecular flexibility index (Phi) is 3.59. The Morgan fingerprint density at radius 2 is 2.00 bits per heavy atom. The highest BCUT2D eigenvalue weighted by molar-refractivity contribution is 5.26. The van der Waals surface area contributed by atoms with Gasteiger partial charge in [-0.1, -0.05) is 12.1 Å². The Morgan fingerprint density at radius 3 is 2.53 bits per heavy atom. The van der Waals surface area contributed by atoms with Gasteiger partial charge in [-0.05, 0) is 43.1 Å². The van der Waals surface area contributed by atoms with Gasteiger partial charge in [-0.25, -0.2) is 0 Å². The van der Waals surface area contributed by atoms with Gasteiger partial charge in [-0.3, -0.25) is 0 Å². The van der Waals surface area contributed by atoms with Gasteiger partial charge in [-0.15, -0.1) is 0 Å². The molecule has 0 aliphatic carbocycles. The van der Waals surface area contributed by atoms with E-state index in [4.69, 9.17) is 9.84 Å². The molecule has 1 aliphatic rings. The zero-order valence-electron chi connectivity index (χ0n) is 8.78. The normalized spacial score (nSPS) is 16.1. The molecule has 0 atom stereocenters. The fourth-order valence-corrected chi connectivity index (χ4v) is 1.59. The number of benzene rings is 1. The number of rotatable bonds is 5. The van der Waals surface area contributed by atoms with Crippen LogP contribution in [0, 0.1) is 5.92 Å². The molecule has 2 rings (SSSR count). The average molecular weight is 207 g/mol. The summed E-state index contributed by atoms with van der Waals surface area (Å²) >= 11 is 0. The third kappa shape index (κ3) is 2.94. The molecule has 0 radical (unpaired) electrons. The summed E-state index contributed by atoms with van der Waals surface area (Å²) in [5.41, 5.74) is 0.922. The van der Waals surface area contributed by atoms with Gasteiger partial charge in [0.2, 0.25) is 0 Å². The second-order valence-corrected chi connectivity index (χ2v) is 3.96. The van der Waals surface area contributed by atoms with Crippen LogP contribution in [0.25, 0.3) is 0 Å². The number of hydrogen-bond donors (Lipinski definition) is 2. The molecule has 0 unspecified atom stereocenters. The first-order valence-electron chi connectivity index (χ1n) is 5.42. The van der Waals surface area contributed by atoms with E-state index in [0.29, 0.717) is 0 Å². The Bertz CT molecular complexity index is 293. The Morgan fingerprint density at radius 1 is 1.27 bits per heavy atom. The molecule has 0 aromatic heterocycles. The van der Waals surface area contributed by atoms with Crippen LogP contribution in [-0.4, -0.2) is 24.8 Å². The molecule has 1 aromatic carbocycles. The second kappa shape index (κ2) is 5.14. The number of aliphatic hydroxyl groups is 1. The van der Waals surface area contributed by atoms with E-state index >= 15 is 0 Å². The topological polar surface area (TPSA) is 41.5 Å². The molecule has 3 nitrogen and oxygen atoms in total. The third-order valence-electron chi connectivity index (χ3n) is 2.77. The second-order valence-electron chi connectivity index (χ2n) is 3.96. The van der Waals surface area contributed by atoms with Crippen LogP contribution in [0.3, 0.4) is 0 Å². The molecule has 1 aliphatic heterocycles. The van der Waals surface area contributed by atoms with Crippen molar-refractivity contribution in [3.05, 3.63) is 29.8 Å². The first-order valence-corrected chi connectivity index (χ1v) is 5.42. The summed E-state index contributed by atoms with van der Waals surface area (Å²) in [7, 11) is 0. The van der Waals surface area contributed by atoms with Crippen LogP contribution < -0.4 is 10.1 Å². The largest absolute Gasteiger partial charge is 0.494 e. The number of ether oxygens (including phenoxy) is 1. The lowest BCUT2D eigenvalue weighted by Crippen LogP contribution is -2.42. The lowest BCUT2D eigenvalue weighted by Gasteiger charge is -2.26. The number of aliphatic hydroxyl groups excluding tert-OH is 1. The van der Waals surface area contributed by atoms with Gasteiger partial charge in [0.1, 0.15) is 5.75 Å². The summed E-state index contributed by atoms with van der Waals surface area (Å²) in [6, 6.07) is 7.59. The highest BCUT2D eigenvalue weighted by Crippen LogP contribution is 2.14. The lowest BCUT2D eigenvalue weighted by molar-refractivity contribution is 0.238. The van der Waals surface area contributed by atoms with Crippen molar-refractivity contribution < 1.29 is 9.84 Å². The standard InChI is InChI=1S/C12H17NO2/c14-9-10-1-3-12(4-2-10)15-6-5-11-7-13-8-11/h1-4,11,13-14H,5-9H2. The van der Waals surface area contributed by atoms with E-state index in [1.807, 2.05) is 24.3 Å². The molecule has 82 valence electrons. The Hall–Kier alpha value is -1.06. The van der Waals surface area contributed by atoms with E-state index in [0.717, 1.165) is 43.3 Å². The number of nitrogens with one attached hydrogen (secondary N) is 1. The highest BCUT2D eigenvalue weighted by Gasteiger charge is 2.15. The fraction of sp³-hybridized carbons (Fsp3) is 0.500. The van der Waals surface area contributed by atoms with Crippen molar-refractivity contribution in [3.63, 3.8) is 0 Å². The van der Waals surface area contributed by atoms with Gasteiger partial charge >= 0.3 is 0 Å². The molecule has 0 saturated carbocycles. The summed E-state index contributed by atoms with van der Waals surface area (Å²) in [4.78, 5) is 0. The van der Waals surface area contributed by atoms with E-state index in [9.17, 15) is 0 Å². The maximum atomic E-state index is 8.87. The summed E-state index contributed by atoms with van der Waals surface area (Å²) in [6.45, 7) is 3.14. The van der Waals surface area contributed by atoms with Crippen LogP contribution in [0.15, 0.2) is 24.3 Å². The van der Waals surface area contributed by atoms with Gasteiger partial charge in [0.25, 0.3) is 0 Å². The maximum Gasteiger partial charge on any atom is 0.119 e. The zero-order valence-corrected chi connectivity index (χ0v) is 8.78. The first kappa shape index (κ1) is 10.5. The quantitative estimate of drug-likeness (QED) is 0.761. The summed E-state index contributed by atoms with van der Waals surface area (Å²) < 4.78 is 5.60. The van der Waals surface area contributed by atoms with Crippen molar-refractivity contribution in [2.45, 2.75) is 13.0 Å². The van der Waals surface area contributed by atoms with Gasteiger partial charge in [0.05, 0.1) is 13.2 Å². The molecule has 3 heteroatoms. The third-order valence-corrected chi connectivity index (χ3v) is 2.77. The van der Waals surface area contributed by atoms with Crippen LogP contribution in [0.1, 0.15) is 12.0 Å². The van der Waals surface area contributed by atoms with Gasteiger partial charge in [0, 0.05) is 0 Å². The van der Waals surface area contributed by atoms with Gasteiger partial charge < -0.3 is 15.2 Å². The predicted molar refractivity (Wildman–Crippen MR) is 58.8 cm³/mol. The molecular formula is C12H17NO2. The molecule has 0 amide bonds. The van der Waals surface area contributed by atoms with Crippen LogP contribution in [0.4, 0.5) is 0 Å². The summed E-state index contributed by atoms with van der Waals surface area (Å²) in [5, 5.41) is 12.1. The van der Waals surface area contributed by atoms with Gasteiger partial charge in [0.15, 0.2) is 0 Å². The van der Waals surface area contributed by atoms with Crippen molar-refractivity contribution in [1.82, 2.24) is 5.32 Å². The van der Waals surface area contributed by atoms with E-state index in [1.165, 1.54) is 0 Å². The van der Waals surface area contributed by atoms with E-state index < -0.39 is 0 Å². The zero-order chi connectivity index (χ0) is 10.5. The molecule has 1 aromatic rings. The van der Waals surface area contributed by atoms with Crippen molar-refractivity contribution in [3.8, 4) is 5.75 Å². The molecule has 1 fully saturated rings. The maximum absolute atomic E-state index is 8.87. The summed E-state index contributed by atoms with van der Waals surface area (Å²) in [6.07, 6.45) is 1.12. The van der Waals surface area contributed by atoms with Crippen molar-refractivity contribution in [2.24, 2.45) is 5.92 Å². The monoisotopic (exact) mass is 207 g/mol. The van der Waals surface area contributed by atoms with Crippen LogP contribution in [0.2, 0.25) is 0 Å². The molecule has 0 bridgehead atoms. The van der Waals surface area contributed by atoms with Crippen molar-refractivity contribution in [2.75, 3.05) is 19.7 Å². The SMILES string of the molecule is OCc1ccc(OCCC2CNC2)cc1. The van der Waals surface area contributed by atoms with Crippen molar-refractivity contribution >= 4 is 0 Å². The van der Waals surface area contributed by atoms with Crippen LogP contribution in [0.5, 0.6) is 5.75 Å². The first-order chi connectivity index (χ1) is 7.38.